The van der Waals surface area contributed by atoms with E-state index < -0.39 is 8.07 Å². The molecule has 0 bridgehead atoms. The van der Waals surface area contributed by atoms with Gasteiger partial charge in [-0.2, -0.15) is 0 Å². The predicted octanol–water partition coefficient (Wildman–Crippen LogP) is 4.15. The topological polar surface area (TPSA) is 17.1 Å². The Labute approximate surface area is 133 Å². The summed E-state index contributed by atoms with van der Waals surface area (Å²) in [6.07, 6.45) is 0. The van der Waals surface area contributed by atoms with Gasteiger partial charge < -0.3 is 0 Å². The summed E-state index contributed by atoms with van der Waals surface area (Å²) in [6, 6.07) is 17.1. The van der Waals surface area contributed by atoms with Gasteiger partial charge in [0.05, 0.1) is 0 Å². The van der Waals surface area contributed by atoms with Crippen molar-refractivity contribution < 1.29 is 4.79 Å². The van der Waals surface area contributed by atoms with Gasteiger partial charge in [0.2, 0.25) is 5.78 Å². The predicted molar refractivity (Wildman–Crippen MR) is 94.3 cm³/mol. The second kappa shape index (κ2) is 6.94. The molecular weight excluding hydrogens is 284 g/mol. The molecule has 2 aromatic carbocycles. The first kappa shape index (κ1) is 15.8. The van der Waals surface area contributed by atoms with E-state index in [0.29, 0.717) is 5.56 Å². The van der Waals surface area contributed by atoms with Gasteiger partial charge in [0, 0.05) is 16.7 Å². The van der Waals surface area contributed by atoms with Crippen molar-refractivity contribution in [2.45, 2.75) is 19.6 Å². The van der Waals surface area contributed by atoms with E-state index in [0.717, 1.165) is 11.1 Å². The Balaban J connectivity index is 2.34. The fourth-order valence-corrected chi connectivity index (χ4v) is 2.25. The Morgan fingerprint density at radius 1 is 0.864 bits per heavy atom. The average molecular weight is 302 g/mol. The first-order valence-electron chi connectivity index (χ1n) is 7.19. The van der Waals surface area contributed by atoms with Gasteiger partial charge in [-0.05, 0) is 30.2 Å². The molecule has 0 aliphatic heterocycles. The Morgan fingerprint density at radius 3 is 2.18 bits per heavy atom. The van der Waals surface area contributed by atoms with E-state index in [1.807, 2.05) is 48.5 Å². The fourth-order valence-electron chi connectivity index (χ4n) is 1.76. The molecule has 0 atom stereocenters. The summed E-state index contributed by atoms with van der Waals surface area (Å²) in [6.45, 7) is 6.36. The van der Waals surface area contributed by atoms with Crippen molar-refractivity contribution in [2.24, 2.45) is 0 Å². The van der Waals surface area contributed by atoms with Crippen LogP contribution in [0.3, 0.4) is 0 Å². The molecule has 0 saturated carbocycles. The zero-order valence-corrected chi connectivity index (χ0v) is 14.1. The Bertz CT molecular complexity index is 791. The second-order valence-corrected chi connectivity index (χ2v) is 10.7. The highest BCUT2D eigenvalue weighted by Crippen LogP contribution is 2.09. The fraction of sp³-hybridized carbons (Fsp3) is 0.150. The van der Waals surface area contributed by atoms with Crippen LogP contribution in [0.1, 0.15) is 21.5 Å². The normalized spacial score (nSPS) is 9.95. The molecule has 22 heavy (non-hydrogen) atoms. The number of ketones is 1. The van der Waals surface area contributed by atoms with Crippen LogP contribution >= 0.6 is 0 Å². The smallest absolute Gasteiger partial charge is 0.236 e. The summed E-state index contributed by atoms with van der Waals surface area (Å²) in [5, 5.41) is 0. The van der Waals surface area contributed by atoms with Gasteiger partial charge in [-0.25, -0.2) is 0 Å². The standard InChI is InChI=1S/C20H18OSi/c1-22(2,3)16-15-20(21)19-12-8-7-11-18(19)14-13-17-9-5-4-6-10-17/h4-12H,1-3H3. The third kappa shape index (κ3) is 4.77. The van der Waals surface area contributed by atoms with Crippen molar-refractivity contribution in [2.75, 3.05) is 0 Å². The van der Waals surface area contributed by atoms with Crippen LogP contribution < -0.4 is 0 Å². The number of carbonyl (C=O) groups excluding carboxylic acids is 1. The summed E-state index contributed by atoms with van der Waals surface area (Å²) in [7, 11) is -1.56. The molecule has 2 aromatic rings. The van der Waals surface area contributed by atoms with Crippen molar-refractivity contribution in [3.63, 3.8) is 0 Å². The Morgan fingerprint density at radius 2 is 1.50 bits per heavy atom. The third-order valence-electron chi connectivity index (χ3n) is 2.84. The molecule has 0 unspecified atom stereocenters. The minimum Gasteiger partial charge on any atom is -0.279 e. The van der Waals surface area contributed by atoms with E-state index >= 15 is 0 Å². The molecule has 1 nitrogen and oxygen atoms in total. The number of hydrogen-bond donors (Lipinski definition) is 0. The molecular formula is C20H18OSi. The van der Waals surface area contributed by atoms with E-state index in [4.69, 9.17) is 0 Å². The summed E-state index contributed by atoms with van der Waals surface area (Å²) >= 11 is 0. The molecule has 2 heteroatoms. The summed E-state index contributed by atoms with van der Waals surface area (Å²) in [5.74, 6) is 8.80. The zero-order chi connectivity index (χ0) is 16.0. The largest absolute Gasteiger partial charge is 0.279 e. The molecule has 2 rings (SSSR count). The molecule has 0 spiro atoms. The highest BCUT2D eigenvalue weighted by molar-refractivity contribution is 6.84. The van der Waals surface area contributed by atoms with E-state index in [1.54, 1.807) is 6.07 Å². The molecule has 0 aliphatic carbocycles. The van der Waals surface area contributed by atoms with Gasteiger partial charge in [-0.1, -0.05) is 61.8 Å². The Kier molecular flexibility index (Phi) is 4.99. The highest BCUT2D eigenvalue weighted by Gasteiger charge is 2.11. The molecule has 0 radical (unpaired) electrons. The van der Waals surface area contributed by atoms with Gasteiger partial charge in [0.25, 0.3) is 0 Å². The first-order valence-corrected chi connectivity index (χ1v) is 10.7. The lowest BCUT2D eigenvalue weighted by Crippen LogP contribution is -2.17. The maximum Gasteiger partial charge on any atom is 0.236 e. The minimum absolute atomic E-state index is 0.152. The minimum atomic E-state index is -1.56. The van der Waals surface area contributed by atoms with Crippen LogP contribution in [0, 0.1) is 23.3 Å². The van der Waals surface area contributed by atoms with Crippen LogP contribution in [0.25, 0.3) is 0 Å². The monoisotopic (exact) mass is 302 g/mol. The molecule has 0 fully saturated rings. The number of benzene rings is 2. The molecule has 0 aliphatic rings. The number of Topliss-reactive ketones (excluding diaryl/α,β-unsaturated/α-hetero) is 1. The van der Waals surface area contributed by atoms with Gasteiger partial charge in [-0.15, -0.1) is 5.54 Å². The lowest BCUT2D eigenvalue weighted by molar-refractivity contribution is 0.105. The van der Waals surface area contributed by atoms with E-state index in [-0.39, 0.29) is 5.78 Å². The van der Waals surface area contributed by atoms with Crippen LogP contribution in [0.15, 0.2) is 54.6 Å². The van der Waals surface area contributed by atoms with Crippen LogP contribution in [-0.2, 0) is 0 Å². The van der Waals surface area contributed by atoms with Crippen LogP contribution in [0.4, 0.5) is 0 Å². The van der Waals surface area contributed by atoms with Crippen molar-refractivity contribution >= 4 is 13.9 Å². The zero-order valence-electron chi connectivity index (χ0n) is 13.1. The van der Waals surface area contributed by atoms with Gasteiger partial charge >= 0.3 is 0 Å². The number of rotatable bonds is 1. The van der Waals surface area contributed by atoms with E-state index in [1.165, 1.54) is 0 Å². The quantitative estimate of drug-likeness (QED) is 0.439. The number of carbonyl (C=O) groups is 1. The van der Waals surface area contributed by atoms with Crippen molar-refractivity contribution in [3.05, 3.63) is 71.3 Å². The second-order valence-electron chi connectivity index (χ2n) is 5.99. The molecule has 0 heterocycles. The van der Waals surface area contributed by atoms with Crippen molar-refractivity contribution in [3.8, 4) is 23.3 Å². The summed E-state index contributed by atoms with van der Waals surface area (Å²) in [5.41, 5.74) is 5.34. The van der Waals surface area contributed by atoms with Gasteiger partial charge in [0.1, 0.15) is 8.07 Å². The molecule has 0 amide bonds. The van der Waals surface area contributed by atoms with Crippen LogP contribution in [-0.4, -0.2) is 13.9 Å². The molecule has 0 saturated heterocycles. The van der Waals surface area contributed by atoms with E-state index in [9.17, 15) is 4.79 Å². The third-order valence-corrected chi connectivity index (χ3v) is 3.71. The van der Waals surface area contributed by atoms with Crippen LogP contribution in [0.2, 0.25) is 19.6 Å². The molecule has 0 aromatic heterocycles. The molecule has 108 valence electrons. The maximum absolute atomic E-state index is 12.3. The van der Waals surface area contributed by atoms with Gasteiger partial charge in [-0.3, -0.25) is 4.79 Å². The van der Waals surface area contributed by atoms with Gasteiger partial charge in [0.15, 0.2) is 0 Å². The highest BCUT2D eigenvalue weighted by atomic mass is 28.3. The summed E-state index contributed by atoms with van der Waals surface area (Å²) in [4.78, 5) is 12.3. The maximum atomic E-state index is 12.3. The SMILES string of the molecule is C[Si](C)(C)C#CC(=O)c1ccccc1C#Cc1ccccc1. The first-order chi connectivity index (χ1) is 10.5. The summed E-state index contributed by atoms with van der Waals surface area (Å²) < 4.78 is 0. The lowest BCUT2D eigenvalue weighted by Gasteiger charge is -2.03. The van der Waals surface area contributed by atoms with Crippen molar-refractivity contribution in [1.82, 2.24) is 0 Å². The van der Waals surface area contributed by atoms with E-state index in [2.05, 4.69) is 42.9 Å². The van der Waals surface area contributed by atoms with Crippen LogP contribution in [0.5, 0.6) is 0 Å². The average Bonchev–Trinajstić information content (AvgIpc) is 2.51. The number of hydrogen-bond acceptors (Lipinski definition) is 1. The Hall–Kier alpha value is -2.55. The lowest BCUT2D eigenvalue weighted by atomic mass is 10.0. The molecule has 0 N–H and O–H groups in total. The van der Waals surface area contributed by atoms with Crippen molar-refractivity contribution in [1.29, 1.82) is 0 Å².